The number of nitrogens with zero attached hydrogens (tertiary/aromatic N) is 4. The van der Waals surface area contributed by atoms with Gasteiger partial charge in [0.2, 0.25) is 13.6 Å². The molecule has 0 fully saturated rings. The van der Waals surface area contributed by atoms with Crippen molar-refractivity contribution in [2.45, 2.75) is 18.0 Å². The Morgan fingerprint density at radius 2 is 1.03 bits per heavy atom. The Labute approximate surface area is 390 Å². The summed E-state index contributed by atoms with van der Waals surface area (Å²) in [5.74, 6) is -3.16. The molecular weight excluding hydrogens is 930 g/mol. The zero-order chi connectivity index (χ0) is 49.7. The fraction of sp³-hybridized carbons (Fsp3) is 0.0833. The van der Waals surface area contributed by atoms with E-state index < -0.39 is 63.2 Å². The monoisotopic (exact) mass is 964 g/mol. The van der Waals surface area contributed by atoms with Gasteiger partial charge in [0.1, 0.15) is 33.5 Å². The molecule has 0 aliphatic carbocycles. The summed E-state index contributed by atoms with van der Waals surface area (Å²) in [5, 5.41) is 16.1. The van der Waals surface area contributed by atoms with E-state index in [9.17, 15) is 45.3 Å². The highest BCUT2D eigenvalue weighted by molar-refractivity contribution is 7.86. The molecule has 0 amide bonds. The van der Waals surface area contributed by atoms with Gasteiger partial charge in [0.05, 0.1) is 33.9 Å². The third-order valence-electron chi connectivity index (χ3n) is 9.18. The van der Waals surface area contributed by atoms with Crippen LogP contribution in [0.25, 0.3) is 11.1 Å². The van der Waals surface area contributed by atoms with Crippen molar-refractivity contribution in [3.05, 3.63) is 175 Å². The van der Waals surface area contributed by atoms with Gasteiger partial charge in [-0.2, -0.15) is 42.0 Å². The molecule has 0 saturated heterocycles. The second-order valence-electron chi connectivity index (χ2n) is 13.9. The minimum absolute atomic E-state index is 0.0569. The third-order valence-corrected chi connectivity index (χ3v) is 10.1. The lowest BCUT2D eigenvalue weighted by atomic mass is 10.0. The average Bonchev–Trinajstić information content (AvgIpc) is 3.33. The van der Waals surface area contributed by atoms with Crippen LogP contribution in [-0.4, -0.2) is 50.4 Å². The van der Waals surface area contributed by atoms with Gasteiger partial charge < -0.3 is 28.4 Å². The summed E-state index contributed by atoms with van der Waals surface area (Å²) in [4.78, 5) is 47.3. The predicted octanol–water partition coefficient (Wildman–Crippen LogP) is 11.3. The van der Waals surface area contributed by atoms with Gasteiger partial charge in [-0.05, 0) is 127 Å². The number of carbonyl (C=O) groups excluding carboxylic acids is 4. The first-order valence-electron chi connectivity index (χ1n) is 19.8. The van der Waals surface area contributed by atoms with Crippen molar-refractivity contribution in [2.75, 3.05) is 13.6 Å². The molecule has 0 saturated carbocycles. The molecule has 6 aromatic carbocycles. The first-order valence-corrected chi connectivity index (χ1v) is 21.2. The number of hydrogen-bond acceptors (Lipinski definition) is 16. The maximum Gasteiger partial charge on any atom is 0.420 e. The van der Waals surface area contributed by atoms with Crippen molar-refractivity contribution in [3.63, 3.8) is 0 Å². The zero-order valence-corrected chi connectivity index (χ0v) is 36.6. The lowest BCUT2D eigenvalue weighted by molar-refractivity contribution is -0.145. The topological polar surface area (TPSA) is 227 Å². The van der Waals surface area contributed by atoms with E-state index in [1.165, 1.54) is 97.1 Å². The molecule has 1 N–H and O–H groups in total. The molecule has 0 aromatic heterocycles. The van der Waals surface area contributed by atoms with Crippen LogP contribution >= 0.6 is 0 Å². The molecule has 0 heterocycles. The minimum Gasteiger partial charge on any atom is -0.457 e. The molecule has 352 valence electrons. The Morgan fingerprint density at radius 1 is 0.594 bits per heavy atom. The van der Waals surface area contributed by atoms with E-state index in [0.717, 1.165) is 30.4 Å². The summed E-state index contributed by atoms with van der Waals surface area (Å²) < 4.78 is 108. The van der Waals surface area contributed by atoms with Gasteiger partial charge in [-0.1, -0.05) is 31.4 Å². The second-order valence-corrected chi connectivity index (χ2v) is 15.3. The summed E-state index contributed by atoms with van der Waals surface area (Å²) >= 11 is 0. The summed E-state index contributed by atoms with van der Waals surface area (Å²) in [6.07, 6.45) is -3.03. The van der Waals surface area contributed by atoms with Crippen molar-refractivity contribution < 1.29 is 73.7 Å². The predicted molar refractivity (Wildman–Crippen MR) is 239 cm³/mol. The number of rotatable bonds is 18. The number of halogens is 3. The molecule has 0 spiro atoms. The maximum atomic E-state index is 14.1. The van der Waals surface area contributed by atoms with E-state index in [2.05, 4.69) is 33.6 Å². The Balaban J connectivity index is 1.09. The molecular formula is C48H35F3N4O13S. The highest BCUT2D eigenvalue weighted by Crippen LogP contribution is 2.40. The van der Waals surface area contributed by atoms with Gasteiger partial charge in [0, 0.05) is 17.7 Å². The van der Waals surface area contributed by atoms with E-state index in [1.807, 2.05) is 0 Å². The van der Waals surface area contributed by atoms with Crippen molar-refractivity contribution in [1.82, 2.24) is 0 Å². The van der Waals surface area contributed by atoms with Crippen molar-refractivity contribution >= 4 is 56.7 Å². The molecule has 0 radical (unpaired) electrons. The van der Waals surface area contributed by atoms with Gasteiger partial charge in [-0.3, -0.25) is 4.55 Å². The first-order chi connectivity index (χ1) is 32.9. The van der Waals surface area contributed by atoms with E-state index >= 15 is 0 Å². The van der Waals surface area contributed by atoms with Crippen LogP contribution in [-0.2, 0) is 35.4 Å². The molecule has 69 heavy (non-hydrogen) atoms. The first kappa shape index (κ1) is 49.6. The van der Waals surface area contributed by atoms with Crippen LogP contribution in [0, 0.1) is 6.92 Å². The van der Waals surface area contributed by atoms with E-state index in [1.54, 1.807) is 13.0 Å². The summed E-state index contributed by atoms with van der Waals surface area (Å²) in [7, 11) is -4.82. The average molecular weight is 965 g/mol. The summed E-state index contributed by atoms with van der Waals surface area (Å²) in [6, 6.07) is 28.0. The Hall–Kier alpha value is -8.82. The van der Waals surface area contributed by atoms with E-state index in [0.29, 0.717) is 28.6 Å². The Morgan fingerprint density at radius 3 is 1.51 bits per heavy atom. The minimum atomic E-state index is -4.96. The zero-order valence-electron chi connectivity index (χ0n) is 35.8. The highest BCUT2D eigenvalue weighted by atomic mass is 32.2. The van der Waals surface area contributed by atoms with Gasteiger partial charge in [0.25, 0.3) is 10.1 Å². The molecule has 0 aliphatic heterocycles. The van der Waals surface area contributed by atoms with Crippen LogP contribution in [0.3, 0.4) is 0 Å². The molecule has 0 unspecified atom stereocenters. The Bertz CT molecular complexity index is 3090. The van der Waals surface area contributed by atoms with E-state index in [4.69, 9.17) is 28.4 Å². The SMILES string of the molecule is C=CC(=O)OCOc1ccc(C(=O)Oc2ccc(N=Nc3ccc(-c4ccc(N=Nc5ccc(OC(=O)c6ccc(OCOC(=O)C=C)cc6)c(C(F)(F)F)c5)cc4)c(S(=O)(=O)O)c3)cc2C)cc1. The molecule has 21 heteroatoms. The number of hydrogen-bond donors (Lipinski definition) is 1. The van der Waals surface area contributed by atoms with Gasteiger partial charge in [0.15, 0.2) is 0 Å². The van der Waals surface area contributed by atoms with Crippen LogP contribution in [0.1, 0.15) is 31.8 Å². The van der Waals surface area contributed by atoms with Crippen LogP contribution < -0.4 is 18.9 Å². The molecule has 0 atom stereocenters. The van der Waals surface area contributed by atoms with Gasteiger partial charge in [-0.15, -0.1) is 0 Å². The number of azo groups is 2. The maximum absolute atomic E-state index is 14.1. The lowest BCUT2D eigenvalue weighted by Crippen LogP contribution is -2.14. The fourth-order valence-electron chi connectivity index (χ4n) is 5.79. The largest absolute Gasteiger partial charge is 0.457 e. The molecule has 17 nitrogen and oxygen atoms in total. The van der Waals surface area contributed by atoms with Crippen LogP contribution in [0.5, 0.6) is 23.0 Å². The Kier molecular flexibility index (Phi) is 15.9. The molecule has 6 rings (SSSR count). The number of ether oxygens (including phenoxy) is 6. The molecule has 0 bridgehead atoms. The molecule has 6 aromatic rings. The van der Waals surface area contributed by atoms with Gasteiger partial charge >= 0.3 is 30.1 Å². The number of esters is 4. The normalized spacial score (nSPS) is 11.4. The lowest BCUT2D eigenvalue weighted by Gasteiger charge is -2.13. The number of benzene rings is 6. The van der Waals surface area contributed by atoms with Crippen LogP contribution in [0.2, 0.25) is 0 Å². The second kappa shape index (κ2) is 22.1. The number of aryl methyl sites for hydroxylation is 1. The van der Waals surface area contributed by atoms with Crippen molar-refractivity contribution in [3.8, 4) is 34.1 Å². The summed E-state index contributed by atoms with van der Waals surface area (Å²) in [6.45, 7) is 7.42. The third kappa shape index (κ3) is 13.9. The van der Waals surface area contributed by atoms with Crippen LogP contribution in [0.15, 0.2) is 178 Å². The molecule has 0 aliphatic rings. The smallest absolute Gasteiger partial charge is 0.420 e. The highest BCUT2D eigenvalue weighted by Gasteiger charge is 2.35. The summed E-state index contributed by atoms with van der Waals surface area (Å²) in [5.41, 5.74) is 0.00657. The van der Waals surface area contributed by atoms with Crippen molar-refractivity contribution in [1.29, 1.82) is 0 Å². The number of alkyl halides is 3. The van der Waals surface area contributed by atoms with E-state index in [-0.39, 0.29) is 52.0 Å². The fourth-order valence-corrected chi connectivity index (χ4v) is 6.52. The standard InChI is InChI=1S/C48H35F3N4O13S/c1-4-44(56)65-27-63-37-17-8-31(9-18-37)46(58)67-41-22-15-34(24-29(41)3)53-55-36-14-21-39(43(26-36)69(60,61)62)30-6-12-33(13-7-30)52-54-35-16-23-42(40(25-35)48(49,50)51)68-47(59)32-10-19-38(20-11-32)64-28-66-45(57)5-2/h4-26H,1-2,27-28H2,3H3,(H,60,61,62). The van der Waals surface area contributed by atoms with Crippen LogP contribution in [0.4, 0.5) is 35.9 Å². The quantitative estimate of drug-likeness (QED) is 0.0211. The van der Waals surface area contributed by atoms with Crippen molar-refractivity contribution in [2.24, 2.45) is 20.5 Å². The number of carbonyl (C=O) groups is 4. The van der Waals surface area contributed by atoms with Gasteiger partial charge in [-0.25, -0.2) is 19.2 Å².